The summed E-state index contributed by atoms with van der Waals surface area (Å²) in [6.07, 6.45) is 7.02. The van der Waals surface area contributed by atoms with E-state index in [0.717, 1.165) is 42.2 Å². The molecule has 2 aromatic carbocycles. The molecule has 0 radical (unpaired) electrons. The molecule has 0 spiro atoms. The third-order valence-electron chi connectivity index (χ3n) is 6.04. The van der Waals surface area contributed by atoms with Crippen molar-refractivity contribution >= 4 is 11.0 Å². The van der Waals surface area contributed by atoms with E-state index in [2.05, 4.69) is 71.6 Å². The van der Waals surface area contributed by atoms with Gasteiger partial charge in [-0.25, -0.2) is 4.98 Å². The molecule has 1 unspecified atom stereocenters. The second-order valence-corrected chi connectivity index (χ2v) is 8.35. The van der Waals surface area contributed by atoms with E-state index in [1.807, 2.05) is 0 Å². The van der Waals surface area contributed by atoms with Gasteiger partial charge in [-0.15, -0.1) is 0 Å². The van der Waals surface area contributed by atoms with Gasteiger partial charge in [-0.05, 0) is 86.4 Å². The monoisotopic (exact) mass is 377 g/mol. The number of benzene rings is 2. The highest BCUT2D eigenvalue weighted by molar-refractivity contribution is 5.74. The van der Waals surface area contributed by atoms with Gasteiger partial charge in [0.05, 0.1) is 23.5 Å². The Kier molecular flexibility index (Phi) is 5.96. The van der Waals surface area contributed by atoms with Gasteiger partial charge in [0.2, 0.25) is 0 Å². The Bertz CT molecular complexity index is 904. The van der Waals surface area contributed by atoms with Crippen LogP contribution < -0.4 is 10.1 Å². The molecule has 4 heteroatoms. The smallest absolute Gasteiger partial charge is 0.119 e. The molecule has 4 rings (SSSR count). The van der Waals surface area contributed by atoms with Crippen LogP contribution in [-0.2, 0) is 6.54 Å². The molecule has 2 N–H and O–H groups in total. The number of hydrogen-bond acceptors (Lipinski definition) is 3. The minimum atomic E-state index is 0.352. The van der Waals surface area contributed by atoms with Crippen LogP contribution >= 0.6 is 0 Å². The molecular formula is C24H31N3O. The van der Waals surface area contributed by atoms with Crippen LogP contribution in [0.1, 0.15) is 43.7 Å². The minimum Gasteiger partial charge on any atom is -0.490 e. The number of nitrogens with zero attached hydrogens (tertiary/aromatic N) is 1. The first-order chi connectivity index (χ1) is 13.7. The number of aromatic amines is 1. The first-order valence-electron chi connectivity index (χ1n) is 10.5. The number of hydrogen-bond donors (Lipinski definition) is 2. The summed E-state index contributed by atoms with van der Waals surface area (Å²) in [4.78, 5) is 7.49. The van der Waals surface area contributed by atoms with Crippen LogP contribution in [0.2, 0.25) is 0 Å². The van der Waals surface area contributed by atoms with Gasteiger partial charge in [-0.1, -0.05) is 25.1 Å². The summed E-state index contributed by atoms with van der Waals surface area (Å²) in [5.41, 5.74) is 4.68. The van der Waals surface area contributed by atoms with E-state index in [1.165, 1.54) is 30.4 Å². The normalized spacial score (nSPS) is 20.9. The van der Waals surface area contributed by atoms with Crippen molar-refractivity contribution in [1.29, 1.82) is 0 Å². The van der Waals surface area contributed by atoms with Crippen LogP contribution in [0.3, 0.4) is 0 Å². The number of ether oxygens (including phenoxy) is 1. The fourth-order valence-electron chi connectivity index (χ4n) is 4.38. The SMILES string of the molecule is Cc1cccc(O[C@@H]2CCC[C@H](C(C)CNCc3ccc4[nH]cnc4c3)C2)c1. The Hall–Kier alpha value is -2.33. The highest BCUT2D eigenvalue weighted by atomic mass is 16.5. The van der Waals surface area contributed by atoms with Gasteiger partial charge in [0.15, 0.2) is 0 Å². The summed E-state index contributed by atoms with van der Waals surface area (Å²) in [5.74, 6) is 2.40. The van der Waals surface area contributed by atoms with Crippen LogP contribution in [0.25, 0.3) is 11.0 Å². The van der Waals surface area contributed by atoms with Crippen molar-refractivity contribution in [2.75, 3.05) is 6.54 Å². The van der Waals surface area contributed by atoms with Crippen molar-refractivity contribution in [1.82, 2.24) is 15.3 Å². The van der Waals surface area contributed by atoms with Crippen molar-refractivity contribution in [2.24, 2.45) is 11.8 Å². The molecule has 3 atom stereocenters. The first-order valence-corrected chi connectivity index (χ1v) is 10.5. The maximum absolute atomic E-state index is 6.29. The Balaban J connectivity index is 1.26. The van der Waals surface area contributed by atoms with Gasteiger partial charge < -0.3 is 15.0 Å². The minimum absolute atomic E-state index is 0.352. The predicted octanol–water partition coefficient (Wildman–Crippen LogP) is 5.23. The highest BCUT2D eigenvalue weighted by Crippen LogP contribution is 2.32. The van der Waals surface area contributed by atoms with Gasteiger partial charge in [0.1, 0.15) is 5.75 Å². The van der Waals surface area contributed by atoms with E-state index >= 15 is 0 Å². The zero-order valence-corrected chi connectivity index (χ0v) is 16.9. The molecule has 3 aromatic rings. The van der Waals surface area contributed by atoms with Gasteiger partial charge in [-0.3, -0.25) is 0 Å². The number of aromatic nitrogens is 2. The zero-order chi connectivity index (χ0) is 19.3. The summed E-state index contributed by atoms with van der Waals surface area (Å²) in [6.45, 7) is 6.43. The lowest BCUT2D eigenvalue weighted by atomic mass is 9.79. The zero-order valence-electron chi connectivity index (χ0n) is 16.9. The topological polar surface area (TPSA) is 49.9 Å². The van der Waals surface area contributed by atoms with Crippen LogP contribution in [0, 0.1) is 18.8 Å². The molecule has 1 saturated carbocycles. The van der Waals surface area contributed by atoms with E-state index in [4.69, 9.17) is 4.74 Å². The van der Waals surface area contributed by atoms with E-state index in [0.29, 0.717) is 12.0 Å². The quantitative estimate of drug-likeness (QED) is 0.592. The van der Waals surface area contributed by atoms with Crippen molar-refractivity contribution in [3.8, 4) is 5.75 Å². The Morgan fingerprint density at radius 3 is 3.04 bits per heavy atom. The molecule has 1 fully saturated rings. The average Bonchev–Trinajstić information content (AvgIpc) is 3.16. The summed E-state index contributed by atoms with van der Waals surface area (Å²) < 4.78 is 6.29. The van der Waals surface area contributed by atoms with Gasteiger partial charge in [0, 0.05) is 6.54 Å². The molecule has 1 aliphatic carbocycles. The fraction of sp³-hybridized carbons (Fsp3) is 0.458. The second kappa shape index (κ2) is 8.78. The number of imidazole rings is 1. The molecule has 0 saturated heterocycles. The summed E-state index contributed by atoms with van der Waals surface area (Å²) in [7, 11) is 0. The van der Waals surface area contributed by atoms with Crippen molar-refractivity contribution in [3.05, 3.63) is 59.9 Å². The van der Waals surface area contributed by atoms with Crippen molar-refractivity contribution in [2.45, 2.75) is 52.2 Å². The molecule has 1 heterocycles. The first kappa shape index (κ1) is 19.0. The van der Waals surface area contributed by atoms with Crippen LogP contribution in [0.15, 0.2) is 48.8 Å². The lowest BCUT2D eigenvalue weighted by Crippen LogP contribution is -2.33. The number of rotatable bonds is 7. The van der Waals surface area contributed by atoms with Gasteiger partial charge >= 0.3 is 0 Å². The van der Waals surface area contributed by atoms with E-state index < -0.39 is 0 Å². The molecule has 0 bridgehead atoms. The standard InChI is InChI=1S/C24H31N3O/c1-17-5-3-7-21(11-17)28-22-8-4-6-20(13-22)18(2)14-25-15-19-9-10-23-24(12-19)27-16-26-23/h3,5,7,9-12,16,18,20,22,25H,4,6,8,13-15H2,1-2H3,(H,26,27)/t18?,20-,22+/m0/s1. The molecule has 0 aliphatic heterocycles. The molecule has 148 valence electrons. The Morgan fingerprint density at radius 1 is 1.21 bits per heavy atom. The third kappa shape index (κ3) is 4.74. The van der Waals surface area contributed by atoms with E-state index in [-0.39, 0.29) is 0 Å². The van der Waals surface area contributed by atoms with Crippen molar-refractivity contribution in [3.63, 3.8) is 0 Å². The lowest BCUT2D eigenvalue weighted by Gasteiger charge is -2.33. The van der Waals surface area contributed by atoms with E-state index in [1.54, 1.807) is 6.33 Å². The van der Waals surface area contributed by atoms with Crippen LogP contribution in [0.5, 0.6) is 5.75 Å². The third-order valence-corrected chi connectivity index (χ3v) is 6.04. The summed E-state index contributed by atoms with van der Waals surface area (Å²) in [6, 6.07) is 14.9. The maximum Gasteiger partial charge on any atom is 0.119 e. The summed E-state index contributed by atoms with van der Waals surface area (Å²) in [5, 5.41) is 3.65. The average molecular weight is 378 g/mol. The number of aryl methyl sites for hydroxylation is 1. The fourth-order valence-corrected chi connectivity index (χ4v) is 4.38. The summed E-state index contributed by atoms with van der Waals surface area (Å²) >= 11 is 0. The number of H-pyrrole nitrogens is 1. The lowest BCUT2D eigenvalue weighted by molar-refractivity contribution is 0.102. The second-order valence-electron chi connectivity index (χ2n) is 8.35. The molecular weight excluding hydrogens is 346 g/mol. The van der Waals surface area contributed by atoms with E-state index in [9.17, 15) is 0 Å². The Morgan fingerprint density at radius 2 is 2.14 bits per heavy atom. The van der Waals surface area contributed by atoms with Gasteiger partial charge in [-0.2, -0.15) is 0 Å². The number of fused-ring (bicyclic) bond motifs is 1. The van der Waals surface area contributed by atoms with Gasteiger partial charge in [0.25, 0.3) is 0 Å². The van der Waals surface area contributed by atoms with Crippen molar-refractivity contribution < 1.29 is 4.74 Å². The maximum atomic E-state index is 6.29. The number of nitrogens with one attached hydrogen (secondary N) is 2. The largest absolute Gasteiger partial charge is 0.490 e. The molecule has 4 nitrogen and oxygen atoms in total. The molecule has 28 heavy (non-hydrogen) atoms. The molecule has 1 aromatic heterocycles. The molecule has 1 aliphatic rings. The Labute approximate surface area is 167 Å². The highest BCUT2D eigenvalue weighted by Gasteiger charge is 2.27. The predicted molar refractivity (Wildman–Crippen MR) is 115 cm³/mol. The van der Waals surface area contributed by atoms with Crippen LogP contribution in [0.4, 0.5) is 0 Å². The molecule has 0 amide bonds. The van der Waals surface area contributed by atoms with Crippen LogP contribution in [-0.4, -0.2) is 22.6 Å².